The number of aryl methyl sites for hydroxylation is 1. The molecule has 0 radical (unpaired) electrons. The van der Waals surface area contributed by atoms with Gasteiger partial charge in [-0.2, -0.15) is 0 Å². The first-order valence-corrected chi connectivity index (χ1v) is 9.12. The number of carbonyl (C=O) groups excluding carboxylic acids is 1. The Balaban J connectivity index is 1.59. The Bertz CT molecular complexity index is 760. The van der Waals surface area contributed by atoms with Crippen LogP contribution < -0.4 is 15.0 Å². The van der Waals surface area contributed by atoms with Crippen molar-refractivity contribution < 1.29 is 14.3 Å². The lowest BCUT2D eigenvalue weighted by Crippen LogP contribution is -2.36. The molecule has 0 aromatic heterocycles. The molecule has 1 aliphatic heterocycles. The summed E-state index contributed by atoms with van der Waals surface area (Å²) in [5.41, 5.74) is 2.74. The first kappa shape index (κ1) is 18.5. The normalized spacial score (nSPS) is 14.2. The van der Waals surface area contributed by atoms with Crippen LogP contribution in [-0.2, 0) is 9.53 Å². The van der Waals surface area contributed by atoms with Gasteiger partial charge in [0.2, 0.25) is 5.91 Å². The van der Waals surface area contributed by atoms with Gasteiger partial charge in [-0.05, 0) is 36.8 Å². The van der Waals surface area contributed by atoms with E-state index in [2.05, 4.69) is 10.2 Å². The third-order valence-corrected chi connectivity index (χ3v) is 4.50. The molecule has 1 heterocycles. The SMILES string of the molecule is Cc1ccccc1OCCC(=O)Nc1cc(Cl)ccc1N1CCOCC1. The van der Waals surface area contributed by atoms with Crippen LogP contribution >= 0.6 is 11.6 Å². The number of benzene rings is 2. The zero-order valence-electron chi connectivity index (χ0n) is 14.8. The van der Waals surface area contributed by atoms with Gasteiger partial charge in [0.25, 0.3) is 0 Å². The first-order valence-electron chi connectivity index (χ1n) is 8.74. The van der Waals surface area contributed by atoms with E-state index in [1.165, 1.54) is 0 Å². The monoisotopic (exact) mass is 374 g/mol. The van der Waals surface area contributed by atoms with E-state index in [1.54, 1.807) is 6.07 Å². The fourth-order valence-electron chi connectivity index (χ4n) is 2.87. The molecule has 2 aromatic carbocycles. The molecule has 3 rings (SSSR count). The van der Waals surface area contributed by atoms with Gasteiger partial charge >= 0.3 is 0 Å². The van der Waals surface area contributed by atoms with E-state index in [-0.39, 0.29) is 12.3 Å². The molecule has 1 aliphatic rings. The molecular weight excluding hydrogens is 352 g/mol. The molecule has 1 saturated heterocycles. The summed E-state index contributed by atoms with van der Waals surface area (Å²) in [6.07, 6.45) is 0.267. The number of nitrogens with zero attached hydrogens (tertiary/aromatic N) is 1. The molecule has 1 amide bonds. The maximum absolute atomic E-state index is 12.4. The molecule has 1 fully saturated rings. The van der Waals surface area contributed by atoms with Crippen LogP contribution in [0.1, 0.15) is 12.0 Å². The van der Waals surface area contributed by atoms with E-state index in [4.69, 9.17) is 21.1 Å². The summed E-state index contributed by atoms with van der Waals surface area (Å²) >= 11 is 6.12. The number of amides is 1. The Hall–Kier alpha value is -2.24. The average molecular weight is 375 g/mol. The predicted octanol–water partition coefficient (Wildman–Crippen LogP) is 3.89. The van der Waals surface area contributed by atoms with Gasteiger partial charge in [-0.25, -0.2) is 0 Å². The van der Waals surface area contributed by atoms with Crippen molar-refractivity contribution in [2.45, 2.75) is 13.3 Å². The number of anilines is 2. The van der Waals surface area contributed by atoms with E-state index in [0.717, 1.165) is 35.8 Å². The van der Waals surface area contributed by atoms with Crippen molar-refractivity contribution in [3.05, 3.63) is 53.1 Å². The molecule has 0 atom stereocenters. The summed E-state index contributed by atoms with van der Waals surface area (Å²) < 4.78 is 11.1. The number of rotatable bonds is 6. The molecule has 2 aromatic rings. The maximum Gasteiger partial charge on any atom is 0.227 e. The molecule has 6 heteroatoms. The van der Waals surface area contributed by atoms with E-state index in [0.29, 0.717) is 24.8 Å². The fourth-order valence-corrected chi connectivity index (χ4v) is 3.05. The number of morpholine rings is 1. The van der Waals surface area contributed by atoms with Gasteiger partial charge in [0.1, 0.15) is 5.75 Å². The number of ether oxygens (including phenoxy) is 2. The molecule has 138 valence electrons. The zero-order chi connectivity index (χ0) is 18.4. The Kier molecular flexibility index (Phi) is 6.36. The Morgan fingerprint density at radius 2 is 2.00 bits per heavy atom. The van der Waals surface area contributed by atoms with Gasteiger partial charge in [-0.3, -0.25) is 4.79 Å². The lowest BCUT2D eigenvalue weighted by molar-refractivity contribution is -0.116. The lowest BCUT2D eigenvalue weighted by atomic mass is 10.2. The van der Waals surface area contributed by atoms with Crippen LogP contribution in [0.3, 0.4) is 0 Å². The molecule has 0 saturated carbocycles. The van der Waals surface area contributed by atoms with Crippen LogP contribution in [0, 0.1) is 6.92 Å². The number of nitrogens with one attached hydrogen (secondary N) is 1. The smallest absolute Gasteiger partial charge is 0.227 e. The van der Waals surface area contributed by atoms with Gasteiger partial charge in [0.15, 0.2) is 0 Å². The topological polar surface area (TPSA) is 50.8 Å². The number of carbonyl (C=O) groups is 1. The first-order chi connectivity index (χ1) is 12.6. The lowest BCUT2D eigenvalue weighted by Gasteiger charge is -2.30. The van der Waals surface area contributed by atoms with E-state index in [1.807, 2.05) is 43.3 Å². The van der Waals surface area contributed by atoms with Crippen molar-refractivity contribution in [3.8, 4) is 5.75 Å². The van der Waals surface area contributed by atoms with Crippen LogP contribution in [0.15, 0.2) is 42.5 Å². The summed E-state index contributed by atoms with van der Waals surface area (Å²) in [7, 11) is 0. The van der Waals surface area contributed by atoms with Crippen LogP contribution in [0.5, 0.6) is 5.75 Å². The Morgan fingerprint density at radius 3 is 2.77 bits per heavy atom. The van der Waals surface area contributed by atoms with Gasteiger partial charge < -0.3 is 19.7 Å². The van der Waals surface area contributed by atoms with Crippen molar-refractivity contribution >= 4 is 28.9 Å². The summed E-state index contributed by atoms with van der Waals surface area (Å²) in [6, 6.07) is 13.3. The van der Waals surface area contributed by atoms with E-state index >= 15 is 0 Å². The molecule has 0 unspecified atom stereocenters. The Morgan fingerprint density at radius 1 is 1.23 bits per heavy atom. The predicted molar refractivity (Wildman–Crippen MR) is 104 cm³/mol. The number of para-hydroxylation sites is 1. The molecule has 0 aliphatic carbocycles. The van der Waals surface area contributed by atoms with Gasteiger partial charge in [-0.1, -0.05) is 29.8 Å². The van der Waals surface area contributed by atoms with Gasteiger partial charge in [0.05, 0.1) is 37.6 Å². The molecule has 0 spiro atoms. The largest absolute Gasteiger partial charge is 0.493 e. The second kappa shape index (κ2) is 8.92. The highest BCUT2D eigenvalue weighted by atomic mass is 35.5. The fraction of sp³-hybridized carbons (Fsp3) is 0.350. The third kappa shape index (κ3) is 4.90. The highest BCUT2D eigenvalue weighted by molar-refractivity contribution is 6.31. The zero-order valence-corrected chi connectivity index (χ0v) is 15.6. The van der Waals surface area contributed by atoms with Gasteiger partial charge in [-0.15, -0.1) is 0 Å². The molecule has 1 N–H and O–H groups in total. The average Bonchev–Trinajstić information content (AvgIpc) is 2.64. The number of hydrogen-bond donors (Lipinski definition) is 1. The van der Waals surface area contributed by atoms with Crippen molar-refractivity contribution in [1.82, 2.24) is 0 Å². The summed E-state index contributed by atoms with van der Waals surface area (Å²) in [5.74, 6) is 0.701. The highest BCUT2D eigenvalue weighted by Crippen LogP contribution is 2.30. The molecular formula is C20H23ClN2O3. The van der Waals surface area contributed by atoms with Crippen LogP contribution in [0.2, 0.25) is 5.02 Å². The van der Waals surface area contributed by atoms with E-state index < -0.39 is 0 Å². The van der Waals surface area contributed by atoms with Crippen LogP contribution in [0.25, 0.3) is 0 Å². The Labute approximate surface area is 158 Å². The number of hydrogen-bond acceptors (Lipinski definition) is 4. The van der Waals surface area contributed by atoms with E-state index in [9.17, 15) is 4.79 Å². The van der Waals surface area contributed by atoms with Gasteiger partial charge in [0, 0.05) is 18.1 Å². The maximum atomic E-state index is 12.4. The second-order valence-corrected chi connectivity index (χ2v) is 6.61. The summed E-state index contributed by atoms with van der Waals surface area (Å²) in [4.78, 5) is 14.6. The summed E-state index contributed by atoms with van der Waals surface area (Å²) in [5, 5.41) is 3.55. The third-order valence-electron chi connectivity index (χ3n) is 4.26. The molecule has 0 bridgehead atoms. The minimum atomic E-state index is -0.102. The van der Waals surface area contributed by atoms with Crippen LogP contribution in [-0.4, -0.2) is 38.8 Å². The molecule has 5 nitrogen and oxygen atoms in total. The van der Waals surface area contributed by atoms with Crippen molar-refractivity contribution in [2.75, 3.05) is 43.1 Å². The standard InChI is InChI=1S/C20H23ClN2O3/c1-15-4-2-3-5-19(15)26-11-8-20(24)22-17-14-16(21)6-7-18(17)23-9-12-25-13-10-23/h2-7,14H,8-13H2,1H3,(H,22,24). The van der Waals surface area contributed by atoms with Crippen molar-refractivity contribution in [1.29, 1.82) is 0 Å². The summed E-state index contributed by atoms with van der Waals surface area (Å²) in [6.45, 7) is 5.25. The van der Waals surface area contributed by atoms with Crippen LogP contribution in [0.4, 0.5) is 11.4 Å². The molecule has 26 heavy (non-hydrogen) atoms. The highest BCUT2D eigenvalue weighted by Gasteiger charge is 2.16. The quantitative estimate of drug-likeness (QED) is 0.833. The second-order valence-electron chi connectivity index (χ2n) is 6.17. The minimum absolute atomic E-state index is 0.102. The number of halogens is 1. The van der Waals surface area contributed by atoms with Crippen molar-refractivity contribution in [2.24, 2.45) is 0 Å². The van der Waals surface area contributed by atoms with Crippen molar-refractivity contribution in [3.63, 3.8) is 0 Å². The minimum Gasteiger partial charge on any atom is -0.493 e.